The predicted octanol–water partition coefficient (Wildman–Crippen LogP) is 2.67. The van der Waals surface area contributed by atoms with E-state index >= 15 is 0 Å². The summed E-state index contributed by atoms with van der Waals surface area (Å²) in [5.41, 5.74) is 9.07. The van der Waals surface area contributed by atoms with E-state index in [2.05, 4.69) is 0 Å². The minimum Gasteiger partial charge on any atom is -0.408 e. The van der Waals surface area contributed by atoms with Gasteiger partial charge >= 0.3 is 5.76 Å². The standard InChI is InChI=1S/C15H13FN2O2/c1-9-6-11(16)3-2-10(9)8-18-13-7-12(17)4-5-14(13)20-15(18)19/h2-7H,8,17H2,1H3. The predicted molar refractivity (Wildman–Crippen MR) is 75.1 cm³/mol. The zero-order valence-corrected chi connectivity index (χ0v) is 10.9. The number of anilines is 1. The fourth-order valence-corrected chi connectivity index (χ4v) is 2.24. The maximum absolute atomic E-state index is 13.1. The Hall–Kier alpha value is -2.56. The van der Waals surface area contributed by atoms with Crippen molar-refractivity contribution < 1.29 is 8.81 Å². The Morgan fingerprint density at radius 3 is 2.80 bits per heavy atom. The molecule has 2 aromatic carbocycles. The van der Waals surface area contributed by atoms with Crippen LogP contribution in [0, 0.1) is 12.7 Å². The van der Waals surface area contributed by atoms with E-state index < -0.39 is 5.76 Å². The quantitative estimate of drug-likeness (QED) is 0.729. The zero-order chi connectivity index (χ0) is 14.3. The zero-order valence-electron chi connectivity index (χ0n) is 10.9. The molecule has 2 N–H and O–H groups in total. The summed E-state index contributed by atoms with van der Waals surface area (Å²) in [6.45, 7) is 2.13. The highest BCUT2D eigenvalue weighted by atomic mass is 19.1. The van der Waals surface area contributed by atoms with Gasteiger partial charge in [0.2, 0.25) is 0 Å². The average molecular weight is 272 g/mol. The third kappa shape index (κ3) is 2.07. The highest BCUT2D eigenvalue weighted by molar-refractivity contribution is 5.77. The summed E-state index contributed by atoms with van der Waals surface area (Å²) in [4.78, 5) is 11.9. The van der Waals surface area contributed by atoms with Crippen LogP contribution < -0.4 is 11.5 Å². The minimum atomic E-state index is -0.450. The second kappa shape index (κ2) is 4.52. The number of aromatic nitrogens is 1. The van der Waals surface area contributed by atoms with Crippen molar-refractivity contribution >= 4 is 16.8 Å². The van der Waals surface area contributed by atoms with Gasteiger partial charge in [0.25, 0.3) is 0 Å². The number of hydrogen-bond acceptors (Lipinski definition) is 3. The molecule has 0 aliphatic heterocycles. The molecule has 1 heterocycles. The van der Waals surface area contributed by atoms with Crippen molar-refractivity contribution in [1.29, 1.82) is 0 Å². The van der Waals surface area contributed by atoms with E-state index in [0.29, 0.717) is 23.3 Å². The van der Waals surface area contributed by atoms with Crippen molar-refractivity contribution in [2.75, 3.05) is 5.73 Å². The number of nitrogens with two attached hydrogens (primary N) is 1. The Kier molecular flexibility index (Phi) is 2.82. The van der Waals surface area contributed by atoms with Gasteiger partial charge < -0.3 is 10.2 Å². The summed E-state index contributed by atoms with van der Waals surface area (Å²) < 4.78 is 19.8. The molecule has 0 saturated heterocycles. The van der Waals surface area contributed by atoms with Crippen molar-refractivity contribution in [3.8, 4) is 0 Å². The number of oxazole rings is 1. The molecule has 4 nitrogen and oxygen atoms in total. The molecule has 102 valence electrons. The van der Waals surface area contributed by atoms with Gasteiger partial charge in [-0.15, -0.1) is 0 Å². The molecule has 0 aliphatic carbocycles. The van der Waals surface area contributed by atoms with Crippen LogP contribution >= 0.6 is 0 Å². The molecule has 5 heteroatoms. The molecule has 20 heavy (non-hydrogen) atoms. The fraction of sp³-hybridized carbons (Fsp3) is 0.133. The number of benzene rings is 2. The molecule has 0 spiro atoms. The largest absolute Gasteiger partial charge is 0.420 e. The van der Waals surface area contributed by atoms with E-state index in [9.17, 15) is 9.18 Å². The lowest BCUT2D eigenvalue weighted by Crippen LogP contribution is -2.15. The lowest BCUT2D eigenvalue weighted by atomic mass is 10.1. The number of hydrogen-bond donors (Lipinski definition) is 1. The Balaban J connectivity index is 2.12. The Morgan fingerprint density at radius 2 is 2.05 bits per heavy atom. The molecule has 0 unspecified atom stereocenters. The van der Waals surface area contributed by atoms with E-state index in [4.69, 9.17) is 10.2 Å². The molecule has 0 saturated carbocycles. The first-order valence-corrected chi connectivity index (χ1v) is 6.18. The molecule has 0 bridgehead atoms. The number of aryl methyl sites for hydroxylation is 1. The first-order chi connectivity index (χ1) is 9.54. The summed E-state index contributed by atoms with van der Waals surface area (Å²) in [6.07, 6.45) is 0. The molecule has 0 fully saturated rings. The van der Waals surface area contributed by atoms with Crippen LogP contribution in [-0.4, -0.2) is 4.57 Å². The SMILES string of the molecule is Cc1cc(F)ccc1Cn1c(=O)oc2ccc(N)cc21. The van der Waals surface area contributed by atoms with Crippen LogP contribution in [0.4, 0.5) is 10.1 Å². The molecule has 1 aromatic heterocycles. The van der Waals surface area contributed by atoms with Crippen molar-refractivity contribution in [2.24, 2.45) is 0 Å². The molecule has 3 aromatic rings. The van der Waals surface area contributed by atoms with E-state index in [1.165, 1.54) is 16.7 Å². The van der Waals surface area contributed by atoms with Crippen molar-refractivity contribution in [2.45, 2.75) is 13.5 Å². The minimum absolute atomic E-state index is 0.292. The van der Waals surface area contributed by atoms with Crippen LogP contribution in [0.5, 0.6) is 0 Å². The lowest BCUT2D eigenvalue weighted by molar-refractivity contribution is 0.517. The van der Waals surface area contributed by atoms with Crippen LogP contribution in [0.2, 0.25) is 0 Å². The molecular weight excluding hydrogens is 259 g/mol. The average Bonchev–Trinajstić information content (AvgIpc) is 2.69. The van der Waals surface area contributed by atoms with Crippen molar-refractivity contribution in [3.63, 3.8) is 0 Å². The number of halogens is 1. The monoisotopic (exact) mass is 272 g/mol. The maximum atomic E-state index is 13.1. The first kappa shape index (κ1) is 12.5. The second-order valence-corrected chi connectivity index (χ2v) is 4.75. The summed E-state index contributed by atoms with van der Waals surface area (Å²) in [6, 6.07) is 9.53. The number of nitrogens with zero attached hydrogens (tertiary/aromatic N) is 1. The van der Waals surface area contributed by atoms with E-state index in [-0.39, 0.29) is 5.82 Å². The van der Waals surface area contributed by atoms with E-state index in [1.807, 2.05) is 0 Å². The summed E-state index contributed by atoms with van der Waals surface area (Å²) in [5.74, 6) is -0.741. The van der Waals surface area contributed by atoms with Crippen LogP contribution in [0.3, 0.4) is 0 Å². The third-order valence-electron chi connectivity index (χ3n) is 3.32. The van der Waals surface area contributed by atoms with Gasteiger partial charge in [0.1, 0.15) is 5.82 Å². The highest BCUT2D eigenvalue weighted by Gasteiger charge is 2.11. The van der Waals surface area contributed by atoms with Crippen LogP contribution in [-0.2, 0) is 6.54 Å². The number of nitrogen functional groups attached to an aromatic ring is 1. The Morgan fingerprint density at radius 1 is 1.25 bits per heavy atom. The van der Waals surface area contributed by atoms with Gasteiger partial charge in [-0.2, -0.15) is 0 Å². The van der Waals surface area contributed by atoms with Crippen molar-refractivity contribution in [3.05, 3.63) is 63.9 Å². The molecule has 0 aliphatic rings. The summed E-state index contributed by atoms with van der Waals surface area (Å²) in [5, 5.41) is 0. The van der Waals surface area contributed by atoms with Gasteiger partial charge in [-0.1, -0.05) is 6.07 Å². The Labute approximate surface area is 114 Å². The molecule has 0 radical (unpaired) electrons. The van der Waals surface area contributed by atoms with Gasteiger partial charge in [0.15, 0.2) is 5.58 Å². The number of rotatable bonds is 2. The lowest BCUT2D eigenvalue weighted by Gasteiger charge is -2.06. The maximum Gasteiger partial charge on any atom is 0.420 e. The van der Waals surface area contributed by atoms with Crippen molar-refractivity contribution in [1.82, 2.24) is 4.57 Å². The van der Waals surface area contributed by atoms with Crippen LogP contribution in [0.1, 0.15) is 11.1 Å². The Bertz CT molecular complexity index is 849. The molecule has 3 rings (SSSR count). The summed E-state index contributed by atoms with van der Waals surface area (Å²) in [7, 11) is 0. The topological polar surface area (TPSA) is 61.2 Å². The van der Waals surface area contributed by atoms with Gasteiger partial charge in [0.05, 0.1) is 12.1 Å². The van der Waals surface area contributed by atoms with Gasteiger partial charge in [-0.3, -0.25) is 4.57 Å². The smallest absolute Gasteiger partial charge is 0.408 e. The van der Waals surface area contributed by atoms with Crippen LogP contribution in [0.25, 0.3) is 11.1 Å². The van der Waals surface area contributed by atoms with Gasteiger partial charge in [-0.05, 0) is 48.4 Å². The fourth-order valence-electron chi connectivity index (χ4n) is 2.24. The summed E-state index contributed by atoms with van der Waals surface area (Å²) >= 11 is 0. The van der Waals surface area contributed by atoms with Gasteiger partial charge in [-0.25, -0.2) is 9.18 Å². The number of fused-ring (bicyclic) bond motifs is 1. The van der Waals surface area contributed by atoms with E-state index in [1.54, 1.807) is 31.2 Å². The van der Waals surface area contributed by atoms with E-state index in [0.717, 1.165) is 11.1 Å². The first-order valence-electron chi connectivity index (χ1n) is 6.18. The third-order valence-corrected chi connectivity index (χ3v) is 3.32. The van der Waals surface area contributed by atoms with Gasteiger partial charge in [0, 0.05) is 5.69 Å². The molecular formula is C15H13FN2O2. The molecule has 0 atom stereocenters. The molecule has 0 amide bonds. The van der Waals surface area contributed by atoms with Crippen LogP contribution in [0.15, 0.2) is 45.6 Å². The second-order valence-electron chi connectivity index (χ2n) is 4.75. The normalized spacial score (nSPS) is 11.1. The highest BCUT2D eigenvalue weighted by Crippen LogP contribution is 2.19.